The van der Waals surface area contributed by atoms with Crippen molar-refractivity contribution < 1.29 is 9.13 Å². The van der Waals surface area contributed by atoms with Crippen molar-refractivity contribution in [2.45, 2.75) is 25.9 Å². The van der Waals surface area contributed by atoms with Crippen molar-refractivity contribution in [2.75, 3.05) is 26.8 Å². The maximum atomic E-state index is 13.9. The molecule has 0 radical (unpaired) electrons. The van der Waals surface area contributed by atoms with Crippen molar-refractivity contribution in [3.8, 4) is 0 Å². The van der Waals surface area contributed by atoms with E-state index >= 15 is 0 Å². The maximum Gasteiger partial charge on any atom is 0.128 e. The number of nitrogens with two attached hydrogens (primary N) is 1. The third-order valence-corrected chi connectivity index (χ3v) is 3.62. The van der Waals surface area contributed by atoms with Gasteiger partial charge in [0, 0.05) is 31.8 Å². The van der Waals surface area contributed by atoms with Crippen LogP contribution < -0.4 is 5.73 Å². The van der Waals surface area contributed by atoms with Gasteiger partial charge in [0.2, 0.25) is 0 Å². The minimum absolute atomic E-state index is 0.158. The van der Waals surface area contributed by atoms with E-state index in [2.05, 4.69) is 4.90 Å². The van der Waals surface area contributed by atoms with Crippen LogP contribution in [0.5, 0.6) is 0 Å². The van der Waals surface area contributed by atoms with E-state index in [0.717, 1.165) is 37.3 Å². The summed E-state index contributed by atoms with van der Waals surface area (Å²) in [7, 11) is 2.03. The first kappa shape index (κ1) is 14.4. The Morgan fingerprint density at radius 1 is 1.47 bits per heavy atom. The fraction of sp³-hybridized carbons (Fsp3) is 0.600. The van der Waals surface area contributed by atoms with Gasteiger partial charge in [-0.2, -0.15) is 0 Å². The number of halogens is 1. The van der Waals surface area contributed by atoms with Crippen LogP contribution in [0.2, 0.25) is 0 Å². The van der Waals surface area contributed by atoms with Gasteiger partial charge in [-0.25, -0.2) is 4.39 Å². The third kappa shape index (κ3) is 4.27. The monoisotopic (exact) mass is 266 g/mol. The summed E-state index contributed by atoms with van der Waals surface area (Å²) in [5.41, 5.74) is 7.07. The van der Waals surface area contributed by atoms with Crippen LogP contribution in [0, 0.1) is 11.7 Å². The lowest BCUT2D eigenvalue weighted by molar-refractivity contribution is 0.0410. The molecule has 1 fully saturated rings. The first-order chi connectivity index (χ1) is 9.19. The van der Waals surface area contributed by atoms with Crippen molar-refractivity contribution in [2.24, 2.45) is 11.7 Å². The summed E-state index contributed by atoms with van der Waals surface area (Å²) in [6.45, 7) is 3.69. The smallest absolute Gasteiger partial charge is 0.128 e. The first-order valence-electron chi connectivity index (χ1n) is 6.92. The van der Waals surface area contributed by atoms with Crippen LogP contribution in [0.1, 0.15) is 24.0 Å². The largest absolute Gasteiger partial charge is 0.381 e. The van der Waals surface area contributed by atoms with Gasteiger partial charge in [-0.05, 0) is 37.4 Å². The Kier molecular flexibility index (Phi) is 5.31. The molecule has 0 spiro atoms. The van der Waals surface area contributed by atoms with Crippen molar-refractivity contribution in [3.63, 3.8) is 0 Å². The lowest BCUT2D eigenvalue weighted by atomic mass is 10.0. The van der Waals surface area contributed by atoms with Crippen molar-refractivity contribution in [1.82, 2.24) is 4.90 Å². The highest BCUT2D eigenvalue weighted by atomic mass is 19.1. The Hall–Kier alpha value is -0.970. The van der Waals surface area contributed by atoms with E-state index in [4.69, 9.17) is 10.5 Å². The van der Waals surface area contributed by atoms with Crippen LogP contribution in [0.4, 0.5) is 4.39 Å². The second-order valence-electron chi connectivity index (χ2n) is 5.41. The second kappa shape index (κ2) is 6.98. The highest BCUT2D eigenvalue weighted by Gasteiger charge is 2.16. The van der Waals surface area contributed by atoms with Gasteiger partial charge in [0.05, 0.1) is 6.61 Å². The molecular weight excluding hydrogens is 243 g/mol. The summed E-state index contributed by atoms with van der Waals surface area (Å²) < 4.78 is 19.3. The van der Waals surface area contributed by atoms with Crippen molar-refractivity contribution >= 4 is 0 Å². The Bertz CT molecular complexity index is 405. The molecule has 1 aliphatic heterocycles. The molecule has 19 heavy (non-hydrogen) atoms. The molecule has 0 aliphatic carbocycles. The SMILES string of the molecule is CN(Cc1ccc(CN)cc1F)CC1CCCOC1. The highest BCUT2D eigenvalue weighted by molar-refractivity contribution is 5.24. The van der Waals surface area contributed by atoms with E-state index in [1.165, 1.54) is 12.5 Å². The molecule has 4 heteroatoms. The zero-order valence-electron chi connectivity index (χ0n) is 11.6. The third-order valence-electron chi connectivity index (χ3n) is 3.62. The van der Waals surface area contributed by atoms with E-state index < -0.39 is 0 Å². The van der Waals surface area contributed by atoms with E-state index in [1.807, 2.05) is 19.2 Å². The Morgan fingerprint density at radius 2 is 2.32 bits per heavy atom. The molecule has 0 aromatic heterocycles. The lowest BCUT2D eigenvalue weighted by Crippen LogP contribution is -2.30. The average Bonchev–Trinajstić information content (AvgIpc) is 2.42. The Morgan fingerprint density at radius 3 is 2.95 bits per heavy atom. The molecule has 1 saturated heterocycles. The van der Waals surface area contributed by atoms with E-state index in [-0.39, 0.29) is 5.82 Å². The zero-order valence-corrected chi connectivity index (χ0v) is 11.6. The van der Waals surface area contributed by atoms with E-state index in [1.54, 1.807) is 0 Å². The molecule has 0 saturated carbocycles. The average molecular weight is 266 g/mol. The van der Waals surface area contributed by atoms with Crippen molar-refractivity contribution in [1.29, 1.82) is 0 Å². The molecule has 1 aromatic carbocycles. The summed E-state index contributed by atoms with van der Waals surface area (Å²) in [5.74, 6) is 0.417. The quantitative estimate of drug-likeness (QED) is 0.887. The summed E-state index contributed by atoms with van der Waals surface area (Å²) in [5, 5.41) is 0. The number of rotatable bonds is 5. The molecule has 1 heterocycles. The number of benzene rings is 1. The molecule has 0 bridgehead atoms. The summed E-state index contributed by atoms with van der Waals surface area (Å²) in [4.78, 5) is 2.17. The summed E-state index contributed by atoms with van der Waals surface area (Å²) >= 11 is 0. The Balaban J connectivity index is 1.88. The second-order valence-corrected chi connectivity index (χ2v) is 5.41. The minimum atomic E-state index is -0.158. The standard InChI is InChI=1S/C15H23FN2O/c1-18(9-13-3-2-6-19-11-13)10-14-5-4-12(8-17)7-15(14)16/h4-5,7,13H,2-3,6,8-11,17H2,1H3. The summed E-state index contributed by atoms with van der Waals surface area (Å²) in [6, 6.07) is 5.27. The fourth-order valence-electron chi connectivity index (χ4n) is 2.59. The Labute approximate surface area is 114 Å². The molecule has 2 rings (SSSR count). The van der Waals surface area contributed by atoms with Crippen LogP contribution in [0.15, 0.2) is 18.2 Å². The van der Waals surface area contributed by atoms with Gasteiger partial charge >= 0.3 is 0 Å². The van der Waals surface area contributed by atoms with Crippen LogP contribution >= 0.6 is 0 Å². The maximum absolute atomic E-state index is 13.9. The molecule has 1 aliphatic rings. The first-order valence-corrected chi connectivity index (χ1v) is 6.92. The topological polar surface area (TPSA) is 38.5 Å². The number of hydrogen-bond donors (Lipinski definition) is 1. The van der Waals surface area contributed by atoms with Gasteiger partial charge in [0.1, 0.15) is 5.82 Å². The molecule has 1 atom stereocenters. The molecule has 2 N–H and O–H groups in total. The van der Waals surface area contributed by atoms with Gasteiger partial charge in [-0.3, -0.25) is 0 Å². The van der Waals surface area contributed by atoms with Crippen LogP contribution in [0.25, 0.3) is 0 Å². The molecule has 3 nitrogen and oxygen atoms in total. The van der Waals surface area contributed by atoms with Gasteiger partial charge in [-0.15, -0.1) is 0 Å². The van der Waals surface area contributed by atoms with Gasteiger partial charge in [0.25, 0.3) is 0 Å². The van der Waals surface area contributed by atoms with Gasteiger partial charge < -0.3 is 15.4 Å². The van der Waals surface area contributed by atoms with Crippen LogP contribution in [-0.2, 0) is 17.8 Å². The molecule has 1 unspecified atom stereocenters. The predicted molar refractivity (Wildman–Crippen MR) is 74.2 cm³/mol. The molecular formula is C15H23FN2O. The van der Waals surface area contributed by atoms with Gasteiger partial charge in [-0.1, -0.05) is 12.1 Å². The lowest BCUT2D eigenvalue weighted by Gasteiger charge is -2.27. The molecule has 0 amide bonds. The van der Waals surface area contributed by atoms with E-state index in [9.17, 15) is 4.39 Å². The van der Waals surface area contributed by atoms with Gasteiger partial charge in [0.15, 0.2) is 0 Å². The normalized spacial score (nSPS) is 19.9. The van der Waals surface area contributed by atoms with Crippen LogP contribution in [0.3, 0.4) is 0 Å². The van der Waals surface area contributed by atoms with Crippen LogP contribution in [-0.4, -0.2) is 31.7 Å². The number of hydrogen-bond acceptors (Lipinski definition) is 3. The number of nitrogens with zero attached hydrogens (tertiary/aromatic N) is 1. The molecule has 106 valence electrons. The fourth-order valence-corrected chi connectivity index (χ4v) is 2.59. The molecule has 1 aromatic rings. The minimum Gasteiger partial charge on any atom is -0.381 e. The highest BCUT2D eigenvalue weighted by Crippen LogP contribution is 2.17. The number of ether oxygens (including phenoxy) is 1. The predicted octanol–water partition coefficient (Wildman–Crippen LogP) is 2.14. The van der Waals surface area contributed by atoms with Crippen molar-refractivity contribution in [3.05, 3.63) is 35.1 Å². The summed E-state index contributed by atoms with van der Waals surface area (Å²) in [6.07, 6.45) is 2.34. The van der Waals surface area contributed by atoms with E-state index in [0.29, 0.717) is 19.0 Å². The zero-order chi connectivity index (χ0) is 13.7.